The molecule has 0 aliphatic rings. The van der Waals surface area contributed by atoms with Gasteiger partial charge in [0.2, 0.25) is 0 Å². The van der Waals surface area contributed by atoms with E-state index in [-0.39, 0.29) is 5.82 Å². The Morgan fingerprint density at radius 3 is 2.63 bits per heavy atom. The third kappa shape index (κ3) is 4.60. The summed E-state index contributed by atoms with van der Waals surface area (Å²) in [7, 11) is 0. The maximum atomic E-state index is 13.0. The number of halogens is 3. The second-order valence-electron chi connectivity index (χ2n) is 3.86. The largest absolute Gasteiger partial charge is 0.384 e. The van der Waals surface area contributed by atoms with Gasteiger partial charge in [0.25, 0.3) is 0 Å². The summed E-state index contributed by atoms with van der Waals surface area (Å²) in [5.74, 6) is 0.621. The molecule has 0 amide bonds. The van der Waals surface area contributed by atoms with Crippen molar-refractivity contribution in [2.45, 2.75) is 4.90 Å². The molecule has 2 rings (SSSR count). The standard InChI is InChI=1S/C14H12Cl2FNS/c15-13-5-4-12(9-14(13)16)19-7-6-18-11-3-1-2-10(17)8-11/h1-5,8-9,18H,6-7H2. The van der Waals surface area contributed by atoms with Crippen molar-refractivity contribution in [3.63, 3.8) is 0 Å². The van der Waals surface area contributed by atoms with E-state index in [9.17, 15) is 4.39 Å². The predicted molar refractivity (Wildman–Crippen MR) is 82.1 cm³/mol. The smallest absolute Gasteiger partial charge is 0.125 e. The highest BCUT2D eigenvalue weighted by Gasteiger charge is 2.00. The van der Waals surface area contributed by atoms with Gasteiger partial charge >= 0.3 is 0 Å². The van der Waals surface area contributed by atoms with E-state index in [2.05, 4.69) is 5.32 Å². The van der Waals surface area contributed by atoms with E-state index in [4.69, 9.17) is 23.2 Å². The van der Waals surface area contributed by atoms with Crippen molar-refractivity contribution in [3.8, 4) is 0 Å². The molecule has 1 nitrogen and oxygen atoms in total. The van der Waals surface area contributed by atoms with E-state index < -0.39 is 0 Å². The highest BCUT2D eigenvalue weighted by atomic mass is 35.5. The summed E-state index contributed by atoms with van der Waals surface area (Å²) in [6.07, 6.45) is 0. The fourth-order valence-corrected chi connectivity index (χ4v) is 2.70. The molecule has 0 fully saturated rings. The third-order valence-corrected chi connectivity index (χ3v) is 4.15. The molecule has 0 aromatic heterocycles. The minimum Gasteiger partial charge on any atom is -0.384 e. The second kappa shape index (κ2) is 7.04. The number of thioether (sulfide) groups is 1. The van der Waals surface area contributed by atoms with Crippen molar-refractivity contribution >= 4 is 40.7 Å². The zero-order valence-electron chi connectivity index (χ0n) is 10.00. The van der Waals surface area contributed by atoms with E-state index in [0.29, 0.717) is 10.0 Å². The number of rotatable bonds is 5. The molecule has 0 atom stereocenters. The van der Waals surface area contributed by atoms with Crippen molar-refractivity contribution in [1.82, 2.24) is 0 Å². The molecule has 2 aromatic carbocycles. The van der Waals surface area contributed by atoms with Crippen molar-refractivity contribution in [2.24, 2.45) is 0 Å². The quantitative estimate of drug-likeness (QED) is 0.590. The first-order chi connectivity index (χ1) is 9.15. The Balaban J connectivity index is 1.79. The molecule has 2 aromatic rings. The molecule has 5 heteroatoms. The lowest BCUT2D eigenvalue weighted by Crippen LogP contribution is -2.03. The van der Waals surface area contributed by atoms with Crippen LogP contribution in [0.3, 0.4) is 0 Å². The van der Waals surface area contributed by atoms with Crippen LogP contribution < -0.4 is 5.32 Å². The summed E-state index contributed by atoms with van der Waals surface area (Å²) in [5.41, 5.74) is 0.787. The average molecular weight is 316 g/mol. The van der Waals surface area contributed by atoms with E-state index in [1.165, 1.54) is 12.1 Å². The van der Waals surface area contributed by atoms with Crippen LogP contribution in [0.5, 0.6) is 0 Å². The molecule has 1 N–H and O–H groups in total. The molecular weight excluding hydrogens is 304 g/mol. The highest BCUT2D eigenvalue weighted by molar-refractivity contribution is 7.99. The Kier molecular flexibility index (Phi) is 5.37. The number of anilines is 1. The Morgan fingerprint density at radius 1 is 1.05 bits per heavy atom. The van der Waals surface area contributed by atoms with Gasteiger partial charge in [-0.1, -0.05) is 29.3 Å². The first kappa shape index (κ1) is 14.5. The molecule has 0 saturated carbocycles. The Bertz CT molecular complexity index is 563. The summed E-state index contributed by atoms with van der Waals surface area (Å²) >= 11 is 13.5. The second-order valence-corrected chi connectivity index (χ2v) is 5.84. The van der Waals surface area contributed by atoms with Crippen molar-refractivity contribution < 1.29 is 4.39 Å². The number of hydrogen-bond acceptors (Lipinski definition) is 2. The Labute approximate surface area is 126 Å². The molecule has 100 valence electrons. The molecule has 0 unspecified atom stereocenters. The van der Waals surface area contributed by atoms with Gasteiger partial charge in [-0.2, -0.15) is 0 Å². The van der Waals surface area contributed by atoms with E-state index >= 15 is 0 Å². The van der Waals surface area contributed by atoms with Crippen LogP contribution in [0.15, 0.2) is 47.4 Å². The zero-order chi connectivity index (χ0) is 13.7. The molecule has 0 heterocycles. The van der Waals surface area contributed by atoms with Crippen LogP contribution in [0, 0.1) is 5.82 Å². The number of benzene rings is 2. The van der Waals surface area contributed by atoms with Crippen molar-refractivity contribution in [1.29, 1.82) is 0 Å². The highest BCUT2D eigenvalue weighted by Crippen LogP contribution is 2.27. The predicted octanol–water partition coefficient (Wildman–Crippen LogP) is 5.34. The van der Waals surface area contributed by atoms with Crippen LogP contribution >= 0.6 is 35.0 Å². The van der Waals surface area contributed by atoms with Gasteiger partial charge in [0.1, 0.15) is 5.82 Å². The van der Waals surface area contributed by atoms with Crippen LogP contribution in [0.1, 0.15) is 0 Å². The topological polar surface area (TPSA) is 12.0 Å². The lowest BCUT2D eigenvalue weighted by molar-refractivity contribution is 0.628. The minimum absolute atomic E-state index is 0.234. The normalized spacial score (nSPS) is 10.5. The van der Waals surface area contributed by atoms with Crippen molar-refractivity contribution in [2.75, 3.05) is 17.6 Å². The van der Waals surface area contributed by atoms with Gasteiger partial charge in [0.05, 0.1) is 10.0 Å². The number of hydrogen-bond donors (Lipinski definition) is 1. The Hall–Kier alpha value is -0.900. The molecule has 0 aliphatic heterocycles. The van der Waals surface area contributed by atoms with Crippen molar-refractivity contribution in [3.05, 3.63) is 58.3 Å². The summed E-state index contributed by atoms with van der Waals surface area (Å²) < 4.78 is 13.0. The van der Waals surface area contributed by atoms with Gasteiger partial charge in [0, 0.05) is 22.9 Å². The van der Waals surface area contributed by atoms with Gasteiger partial charge < -0.3 is 5.32 Å². The van der Waals surface area contributed by atoms with E-state index in [1.807, 2.05) is 18.2 Å². The van der Waals surface area contributed by atoms with Gasteiger partial charge in [0.15, 0.2) is 0 Å². The lowest BCUT2D eigenvalue weighted by Gasteiger charge is -2.07. The van der Waals surface area contributed by atoms with Crippen LogP contribution in [-0.4, -0.2) is 12.3 Å². The number of nitrogens with one attached hydrogen (secondary N) is 1. The van der Waals surface area contributed by atoms with Crippen LogP contribution in [0.4, 0.5) is 10.1 Å². The first-order valence-electron chi connectivity index (χ1n) is 5.72. The summed E-state index contributed by atoms with van der Waals surface area (Å²) in [6.45, 7) is 0.744. The monoisotopic (exact) mass is 315 g/mol. The molecule has 0 spiro atoms. The van der Waals surface area contributed by atoms with Gasteiger partial charge in [-0.05, 0) is 36.4 Å². The SMILES string of the molecule is Fc1cccc(NCCSc2ccc(Cl)c(Cl)c2)c1. The summed E-state index contributed by atoms with van der Waals surface area (Å²) in [6, 6.07) is 12.0. The van der Waals surface area contributed by atoms with E-state index in [0.717, 1.165) is 22.9 Å². The molecule has 0 aliphatic carbocycles. The minimum atomic E-state index is -0.234. The summed E-state index contributed by atoms with van der Waals surface area (Å²) in [4.78, 5) is 1.07. The maximum absolute atomic E-state index is 13.0. The molecule has 0 radical (unpaired) electrons. The molecular formula is C14H12Cl2FNS. The first-order valence-corrected chi connectivity index (χ1v) is 7.46. The van der Waals surface area contributed by atoms with E-state index in [1.54, 1.807) is 23.9 Å². The van der Waals surface area contributed by atoms with Crippen LogP contribution in [0.2, 0.25) is 10.0 Å². The maximum Gasteiger partial charge on any atom is 0.125 e. The van der Waals surface area contributed by atoms with Gasteiger partial charge in [-0.3, -0.25) is 0 Å². The zero-order valence-corrected chi connectivity index (χ0v) is 12.3. The van der Waals surface area contributed by atoms with Gasteiger partial charge in [-0.15, -0.1) is 11.8 Å². The lowest BCUT2D eigenvalue weighted by atomic mass is 10.3. The van der Waals surface area contributed by atoms with Crippen LogP contribution in [-0.2, 0) is 0 Å². The molecule has 19 heavy (non-hydrogen) atoms. The fraction of sp³-hybridized carbons (Fsp3) is 0.143. The van der Waals surface area contributed by atoms with Crippen LogP contribution in [0.25, 0.3) is 0 Å². The third-order valence-electron chi connectivity index (χ3n) is 2.42. The molecule has 0 saturated heterocycles. The van der Waals surface area contributed by atoms with Gasteiger partial charge in [-0.25, -0.2) is 4.39 Å². The molecule has 0 bridgehead atoms. The Morgan fingerprint density at radius 2 is 1.89 bits per heavy atom. The fourth-order valence-electron chi connectivity index (χ4n) is 1.53. The average Bonchev–Trinajstić information content (AvgIpc) is 2.39. The summed E-state index contributed by atoms with van der Waals surface area (Å²) in [5, 5.41) is 4.28.